The van der Waals surface area contributed by atoms with Gasteiger partial charge in [-0.2, -0.15) is 5.26 Å². The highest BCUT2D eigenvalue weighted by molar-refractivity contribution is 5.83. The number of rotatable bonds is 4. The fourth-order valence-electron chi connectivity index (χ4n) is 6.04. The highest BCUT2D eigenvalue weighted by Crippen LogP contribution is 2.65. The maximum absolute atomic E-state index is 13.3. The van der Waals surface area contributed by atoms with E-state index in [-0.39, 0.29) is 11.5 Å². The number of carbonyl (C=O) groups excluding carboxylic acids is 1. The first-order valence-electron chi connectivity index (χ1n) is 8.55. The van der Waals surface area contributed by atoms with Crippen LogP contribution in [-0.2, 0) is 4.79 Å². The molecule has 0 aromatic heterocycles. The molecule has 3 nitrogen and oxygen atoms in total. The van der Waals surface area contributed by atoms with Crippen LogP contribution in [0.2, 0.25) is 0 Å². The Morgan fingerprint density at radius 1 is 1.29 bits per heavy atom. The molecule has 4 aliphatic carbocycles. The van der Waals surface area contributed by atoms with Crippen molar-refractivity contribution in [3.8, 4) is 6.07 Å². The van der Waals surface area contributed by atoms with E-state index in [9.17, 15) is 4.79 Å². The molecule has 0 aliphatic heterocycles. The van der Waals surface area contributed by atoms with E-state index in [1.54, 1.807) is 0 Å². The third kappa shape index (κ3) is 2.47. The smallest absolute Gasteiger partial charge is 0.229 e. The molecule has 3 heteroatoms. The van der Waals surface area contributed by atoms with Crippen LogP contribution in [0.15, 0.2) is 0 Å². The summed E-state index contributed by atoms with van der Waals surface area (Å²) < 4.78 is 0. The van der Waals surface area contributed by atoms with Gasteiger partial charge in [-0.05, 0) is 69.6 Å². The summed E-state index contributed by atoms with van der Waals surface area (Å²) in [6.45, 7) is 7.16. The highest BCUT2D eigenvalue weighted by Gasteiger charge is 2.59. The minimum absolute atomic E-state index is 0.0987. The van der Waals surface area contributed by atoms with Gasteiger partial charge in [0.05, 0.1) is 17.9 Å². The average Bonchev–Trinajstić information content (AvgIpc) is 2.35. The van der Waals surface area contributed by atoms with Crippen LogP contribution in [0, 0.1) is 34.0 Å². The highest BCUT2D eigenvalue weighted by atomic mass is 16.2. The van der Waals surface area contributed by atoms with E-state index < -0.39 is 0 Å². The van der Waals surface area contributed by atoms with E-state index in [4.69, 9.17) is 5.26 Å². The number of nitrogens with zero attached hydrogens (tertiary/aromatic N) is 2. The van der Waals surface area contributed by atoms with Crippen molar-refractivity contribution in [3.63, 3.8) is 0 Å². The van der Waals surface area contributed by atoms with Crippen LogP contribution in [0.4, 0.5) is 0 Å². The number of hydrogen-bond donors (Lipinski definition) is 0. The summed E-state index contributed by atoms with van der Waals surface area (Å²) in [7, 11) is 0. The lowest BCUT2D eigenvalue weighted by Crippen LogP contribution is -2.58. The van der Waals surface area contributed by atoms with Crippen LogP contribution in [0.5, 0.6) is 0 Å². The Balaban J connectivity index is 1.84. The van der Waals surface area contributed by atoms with Crippen LogP contribution < -0.4 is 0 Å². The zero-order valence-electron chi connectivity index (χ0n) is 13.7. The largest absolute Gasteiger partial charge is 0.339 e. The van der Waals surface area contributed by atoms with Gasteiger partial charge in [-0.25, -0.2) is 0 Å². The minimum atomic E-state index is -0.0987. The van der Waals surface area contributed by atoms with Crippen molar-refractivity contribution < 1.29 is 4.79 Å². The first kappa shape index (κ1) is 14.9. The molecule has 0 aromatic carbocycles. The van der Waals surface area contributed by atoms with Gasteiger partial charge in [0.2, 0.25) is 5.91 Å². The van der Waals surface area contributed by atoms with Gasteiger partial charge in [-0.15, -0.1) is 0 Å². The molecule has 0 aromatic rings. The fourth-order valence-corrected chi connectivity index (χ4v) is 6.04. The molecule has 0 spiro atoms. The van der Waals surface area contributed by atoms with Gasteiger partial charge in [0.15, 0.2) is 0 Å². The van der Waals surface area contributed by atoms with Crippen molar-refractivity contribution >= 4 is 5.91 Å². The van der Waals surface area contributed by atoms with E-state index in [0.717, 1.165) is 31.1 Å². The zero-order chi connectivity index (χ0) is 15.3. The van der Waals surface area contributed by atoms with Gasteiger partial charge in [-0.3, -0.25) is 4.79 Å². The predicted octanol–water partition coefficient (Wildman–Crippen LogP) is 3.74. The molecule has 4 rings (SSSR count). The maximum Gasteiger partial charge on any atom is 0.229 e. The quantitative estimate of drug-likeness (QED) is 0.791. The molecule has 0 radical (unpaired) electrons. The Morgan fingerprint density at radius 2 is 1.90 bits per heavy atom. The van der Waals surface area contributed by atoms with Crippen molar-refractivity contribution in [2.45, 2.75) is 71.8 Å². The van der Waals surface area contributed by atoms with Crippen LogP contribution in [0.1, 0.15) is 65.7 Å². The second-order valence-electron chi connectivity index (χ2n) is 8.55. The summed E-state index contributed by atoms with van der Waals surface area (Å²) in [5.74, 6) is 1.89. The fraction of sp³-hybridized carbons (Fsp3) is 0.889. The summed E-state index contributed by atoms with van der Waals surface area (Å²) in [5.41, 5.74) is 0.302. The first-order valence-corrected chi connectivity index (χ1v) is 8.55. The second-order valence-corrected chi connectivity index (χ2v) is 8.55. The molecule has 2 unspecified atom stereocenters. The van der Waals surface area contributed by atoms with Crippen molar-refractivity contribution in [2.24, 2.45) is 22.7 Å². The molecule has 116 valence electrons. The SMILES string of the molecule is CC(C)N(CCC#N)C(=O)C12CC3CC(CC(C)(C3)C1)C2. The van der Waals surface area contributed by atoms with E-state index in [2.05, 4.69) is 26.8 Å². The summed E-state index contributed by atoms with van der Waals surface area (Å²) in [5, 5.41) is 8.87. The van der Waals surface area contributed by atoms with E-state index >= 15 is 0 Å². The van der Waals surface area contributed by atoms with Gasteiger partial charge in [0.25, 0.3) is 0 Å². The number of hydrogen-bond acceptors (Lipinski definition) is 2. The average molecular weight is 288 g/mol. The monoisotopic (exact) mass is 288 g/mol. The third-order valence-electron chi connectivity index (χ3n) is 6.16. The lowest BCUT2D eigenvalue weighted by molar-refractivity contribution is -0.167. The standard InChI is InChI=1S/C18H28N2O/c1-13(2)20(6-4-5-19)16(21)18-10-14-7-15(11-18)9-17(3,8-14)12-18/h13-15H,4,6-12H2,1-3H3. The van der Waals surface area contributed by atoms with Crippen molar-refractivity contribution in [1.29, 1.82) is 5.26 Å². The predicted molar refractivity (Wildman–Crippen MR) is 82.3 cm³/mol. The Hall–Kier alpha value is -1.04. The van der Waals surface area contributed by atoms with Gasteiger partial charge in [-0.1, -0.05) is 6.92 Å². The second kappa shape index (κ2) is 5.00. The Morgan fingerprint density at radius 3 is 2.38 bits per heavy atom. The molecule has 4 aliphatic rings. The van der Waals surface area contributed by atoms with Crippen molar-refractivity contribution in [3.05, 3.63) is 0 Å². The molecule has 0 saturated heterocycles. The summed E-state index contributed by atoms with van der Waals surface area (Å²) in [4.78, 5) is 15.3. The van der Waals surface area contributed by atoms with Crippen molar-refractivity contribution in [2.75, 3.05) is 6.54 Å². The Bertz CT molecular complexity index is 462. The summed E-state index contributed by atoms with van der Waals surface area (Å²) >= 11 is 0. The molecule has 4 fully saturated rings. The summed E-state index contributed by atoms with van der Waals surface area (Å²) in [6.07, 6.45) is 7.76. The summed E-state index contributed by atoms with van der Waals surface area (Å²) in [6, 6.07) is 2.40. The number of amides is 1. The van der Waals surface area contributed by atoms with Crippen LogP contribution in [0.3, 0.4) is 0 Å². The normalized spacial score (nSPS) is 40.3. The van der Waals surface area contributed by atoms with Crippen LogP contribution in [0.25, 0.3) is 0 Å². The van der Waals surface area contributed by atoms with E-state index in [1.807, 2.05) is 4.90 Å². The third-order valence-corrected chi connectivity index (χ3v) is 6.16. The van der Waals surface area contributed by atoms with Gasteiger partial charge in [0.1, 0.15) is 0 Å². The molecular weight excluding hydrogens is 260 g/mol. The van der Waals surface area contributed by atoms with Crippen LogP contribution >= 0.6 is 0 Å². The molecule has 0 N–H and O–H groups in total. The lowest BCUT2D eigenvalue weighted by atomic mass is 9.44. The topological polar surface area (TPSA) is 44.1 Å². The number of nitriles is 1. The zero-order valence-corrected chi connectivity index (χ0v) is 13.7. The van der Waals surface area contributed by atoms with Gasteiger partial charge >= 0.3 is 0 Å². The lowest BCUT2D eigenvalue weighted by Gasteiger charge is -2.61. The molecule has 4 saturated carbocycles. The molecular formula is C18H28N2O. The molecule has 0 heterocycles. The Kier molecular flexibility index (Phi) is 3.55. The van der Waals surface area contributed by atoms with Gasteiger partial charge < -0.3 is 4.90 Å². The van der Waals surface area contributed by atoms with Crippen LogP contribution in [-0.4, -0.2) is 23.4 Å². The molecule has 4 bridgehead atoms. The molecule has 21 heavy (non-hydrogen) atoms. The first-order chi connectivity index (χ1) is 9.87. The minimum Gasteiger partial charge on any atom is -0.339 e. The van der Waals surface area contributed by atoms with E-state index in [0.29, 0.717) is 24.3 Å². The number of carbonyl (C=O) groups is 1. The van der Waals surface area contributed by atoms with E-state index in [1.165, 1.54) is 19.3 Å². The molecule has 2 atom stereocenters. The van der Waals surface area contributed by atoms with Crippen molar-refractivity contribution in [1.82, 2.24) is 4.90 Å². The van der Waals surface area contributed by atoms with Gasteiger partial charge in [0, 0.05) is 12.6 Å². The molecule has 1 amide bonds. The Labute approximate surface area is 128 Å². The maximum atomic E-state index is 13.3.